The second kappa shape index (κ2) is 5.91. The highest BCUT2D eigenvalue weighted by Crippen LogP contribution is 2.35. The highest BCUT2D eigenvalue weighted by Gasteiger charge is 2.33. The highest BCUT2D eigenvalue weighted by molar-refractivity contribution is 5.98. The molecule has 0 radical (unpaired) electrons. The minimum Gasteiger partial charge on any atom is -0.295 e. The molecule has 1 amide bonds. The summed E-state index contributed by atoms with van der Waals surface area (Å²) in [5, 5.41) is 10.9. The van der Waals surface area contributed by atoms with Crippen LogP contribution in [0.3, 0.4) is 0 Å². The van der Waals surface area contributed by atoms with E-state index in [9.17, 15) is 4.79 Å². The van der Waals surface area contributed by atoms with Crippen molar-refractivity contribution in [2.24, 2.45) is 11.0 Å². The zero-order valence-corrected chi connectivity index (χ0v) is 12.2. The molecule has 0 saturated carbocycles. The van der Waals surface area contributed by atoms with Gasteiger partial charge in [-0.1, -0.05) is 35.4 Å². The first-order valence-corrected chi connectivity index (χ1v) is 7.12. The van der Waals surface area contributed by atoms with Gasteiger partial charge >= 0.3 is 0 Å². The summed E-state index contributed by atoms with van der Waals surface area (Å²) in [4.78, 5) is 16.7. The molecule has 2 heterocycles. The fourth-order valence-corrected chi connectivity index (χ4v) is 2.82. The lowest BCUT2D eigenvalue weighted by Crippen LogP contribution is -2.25. The van der Waals surface area contributed by atoms with Gasteiger partial charge in [0.25, 0.3) is 0 Å². The Kier molecular flexibility index (Phi) is 3.80. The van der Waals surface area contributed by atoms with Crippen molar-refractivity contribution in [3.63, 3.8) is 0 Å². The molecule has 1 unspecified atom stereocenters. The van der Waals surface area contributed by atoms with Gasteiger partial charge in [0.2, 0.25) is 5.91 Å². The minimum atomic E-state index is 0.0156. The van der Waals surface area contributed by atoms with Gasteiger partial charge in [-0.3, -0.25) is 14.8 Å². The molecule has 3 rings (SSSR count). The quantitative estimate of drug-likeness (QED) is 0.533. The maximum Gasteiger partial charge on any atom is 0.228 e. The summed E-state index contributed by atoms with van der Waals surface area (Å²) in [6, 6.07) is 9.87. The van der Waals surface area contributed by atoms with E-state index in [1.165, 1.54) is 0 Å². The Balaban J connectivity index is 1.93. The maximum absolute atomic E-state index is 12.3. The number of hydrogen-bond donors (Lipinski definition) is 1. The van der Waals surface area contributed by atoms with E-state index in [4.69, 9.17) is 5.53 Å². The van der Waals surface area contributed by atoms with Crippen LogP contribution >= 0.6 is 0 Å². The van der Waals surface area contributed by atoms with E-state index in [1.54, 1.807) is 4.90 Å². The first-order chi connectivity index (χ1) is 10.7. The molecular weight excluding hydrogens is 280 g/mol. The number of azide groups is 1. The predicted octanol–water partition coefficient (Wildman–Crippen LogP) is 3.05. The standard InChI is InChI=1S/C15H16N6O/c1-10-14(12-5-3-2-4-6-12)15(19-18-10)21-9-11(7-13(21)22)8-17-20-16/h2-6,11H,7-9H2,1H3,(H,18,19). The van der Waals surface area contributed by atoms with Crippen LogP contribution in [0.4, 0.5) is 5.82 Å². The van der Waals surface area contributed by atoms with Crippen LogP contribution < -0.4 is 4.90 Å². The predicted molar refractivity (Wildman–Crippen MR) is 83.2 cm³/mol. The molecule has 0 aliphatic carbocycles. The number of nitrogens with one attached hydrogen (secondary N) is 1. The van der Waals surface area contributed by atoms with Gasteiger partial charge in [0.1, 0.15) is 0 Å². The normalized spacial score (nSPS) is 17.6. The van der Waals surface area contributed by atoms with Gasteiger partial charge in [0.15, 0.2) is 5.82 Å². The molecule has 1 aromatic carbocycles. The Morgan fingerprint density at radius 1 is 1.45 bits per heavy atom. The lowest BCUT2D eigenvalue weighted by Gasteiger charge is -2.15. The van der Waals surface area contributed by atoms with E-state index in [1.807, 2.05) is 37.3 Å². The SMILES string of the molecule is Cc1[nH]nc(N2CC(CN=[N+]=[N-])CC2=O)c1-c1ccccc1. The fourth-order valence-electron chi connectivity index (χ4n) is 2.82. The zero-order valence-electron chi connectivity index (χ0n) is 12.2. The largest absolute Gasteiger partial charge is 0.295 e. The van der Waals surface area contributed by atoms with Crippen LogP contribution in [0.5, 0.6) is 0 Å². The van der Waals surface area contributed by atoms with Crippen molar-refractivity contribution in [3.8, 4) is 11.1 Å². The van der Waals surface area contributed by atoms with Crippen molar-refractivity contribution >= 4 is 11.7 Å². The number of amides is 1. The van der Waals surface area contributed by atoms with Gasteiger partial charge in [-0.25, -0.2) is 0 Å². The fraction of sp³-hybridized carbons (Fsp3) is 0.333. The Morgan fingerprint density at radius 2 is 2.23 bits per heavy atom. The molecule has 112 valence electrons. The van der Waals surface area contributed by atoms with Crippen molar-refractivity contribution in [2.45, 2.75) is 13.3 Å². The Bertz CT molecular complexity index is 732. The number of rotatable bonds is 4. The van der Waals surface area contributed by atoms with Gasteiger partial charge in [-0.05, 0) is 23.9 Å². The van der Waals surface area contributed by atoms with Gasteiger partial charge < -0.3 is 0 Å². The minimum absolute atomic E-state index is 0.0156. The smallest absolute Gasteiger partial charge is 0.228 e. The maximum atomic E-state index is 12.3. The second-order valence-electron chi connectivity index (χ2n) is 5.40. The molecule has 0 spiro atoms. The van der Waals surface area contributed by atoms with Gasteiger partial charge in [-0.2, -0.15) is 5.10 Å². The van der Waals surface area contributed by atoms with Crippen LogP contribution in [0.1, 0.15) is 12.1 Å². The summed E-state index contributed by atoms with van der Waals surface area (Å²) in [5.41, 5.74) is 11.3. The number of carbonyl (C=O) groups is 1. The number of aromatic nitrogens is 2. The lowest BCUT2D eigenvalue weighted by atomic mass is 10.1. The molecule has 1 aliphatic rings. The number of H-pyrrole nitrogens is 1. The number of carbonyl (C=O) groups excluding carboxylic acids is 1. The molecular formula is C15H16N6O. The summed E-state index contributed by atoms with van der Waals surface area (Å²) in [5.74, 6) is 0.711. The summed E-state index contributed by atoms with van der Waals surface area (Å²) in [7, 11) is 0. The molecule has 7 nitrogen and oxygen atoms in total. The third kappa shape index (κ3) is 2.54. The zero-order chi connectivity index (χ0) is 15.5. The van der Waals surface area contributed by atoms with Crippen molar-refractivity contribution in [1.29, 1.82) is 0 Å². The van der Waals surface area contributed by atoms with E-state index < -0.39 is 0 Å². The number of hydrogen-bond acceptors (Lipinski definition) is 3. The summed E-state index contributed by atoms with van der Waals surface area (Å²) in [6.45, 7) is 2.81. The van der Waals surface area contributed by atoms with E-state index in [0.717, 1.165) is 16.8 Å². The van der Waals surface area contributed by atoms with E-state index in [2.05, 4.69) is 20.2 Å². The van der Waals surface area contributed by atoms with Crippen LogP contribution in [0, 0.1) is 12.8 Å². The number of benzene rings is 1. The average Bonchev–Trinajstić information content (AvgIpc) is 3.08. The van der Waals surface area contributed by atoms with Crippen LogP contribution in [-0.2, 0) is 4.79 Å². The first-order valence-electron chi connectivity index (χ1n) is 7.12. The molecule has 0 bridgehead atoms. The molecule has 1 atom stereocenters. The number of aryl methyl sites for hydroxylation is 1. The lowest BCUT2D eigenvalue weighted by molar-refractivity contribution is -0.117. The third-order valence-electron chi connectivity index (χ3n) is 3.85. The molecule has 1 saturated heterocycles. The van der Waals surface area contributed by atoms with Gasteiger partial charge in [0.05, 0.1) is 0 Å². The van der Waals surface area contributed by atoms with Crippen LogP contribution in [0.2, 0.25) is 0 Å². The number of aromatic amines is 1. The van der Waals surface area contributed by atoms with Crippen molar-refractivity contribution < 1.29 is 4.79 Å². The first kappa shape index (κ1) is 14.2. The van der Waals surface area contributed by atoms with Crippen LogP contribution in [0.25, 0.3) is 21.6 Å². The van der Waals surface area contributed by atoms with Crippen molar-refractivity contribution in [1.82, 2.24) is 10.2 Å². The van der Waals surface area contributed by atoms with E-state index in [-0.39, 0.29) is 11.8 Å². The molecule has 1 aromatic heterocycles. The van der Waals surface area contributed by atoms with E-state index >= 15 is 0 Å². The van der Waals surface area contributed by atoms with Gasteiger partial charge in [0, 0.05) is 35.7 Å². The van der Waals surface area contributed by atoms with Crippen LogP contribution in [0.15, 0.2) is 35.4 Å². The summed E-state index contributed by atoms with van der Waals surface area (Å²) in [6.07, 6.45) is 0.388. The van der Waals surface area contributed by atoms with Crippen molar-refractivity contribution in [2.75, 3.05) is 18.0 Å². The Labute approximate surface area is 127 Å². The molecule has 1 N–H and O–H groups in total. The van der Waals surface area contributed by atoms with Crippen molar-refractivity contribution in [3.05, 3.63) is 46.5 Å². The number of anilines is 1. The Morgan fingerprint density at radius 3 is 2.95 bits per heavy atom. The monoisotopic (exact) mass is 296 g/mol. The molecule has 22 heavy (non-hydrogen) atoms. The molecule has 2 aromatic rings. The number of nitrogens with zero attached hydrogens (tertiary/aromatic N) is 5. The topological polar surface area (TPSA) is 97.8 Å². The summed E-state index contributed by atoms with van der Waals surface area (Å²) < 4.78 is 0. The average molecular weight is 296 g/mol. The Hall–Kier alpha value is -2.79. The third-order valence-corrected chi connectivity index (χ3v) is 3.85. The molecule has 7 heteroatoms. The highest BCUT2D eigenvalue weighted by atomic mass is 16.2. The summed E-state index contributed by atoms with van der Waals surface area (Å²) >= 11 is 0. The molecule has 1 aliphatic heterocycles. The van der Waals surface area contributed by atoms with Crippen LogP contribution in [-0.4, -0.2) is 29.2 Å². The van der Waals surface area contributed by atoms with Gasteiger partial charge in [-0.15, -0.1) is 0 Å². The second-order valence-corrected chi connectivity index (χ2v) is 5.40. The van der Waals surface area contributed by atoms with E-state index in [0.29, 0.717) is 25.3 Å². The molecule has 1 fully saturated rings.